The summed E-state index contributed by atoms with van der Waals surface area (Å²) in [6.07, 6.45) is 2.67. The molecule has 5 aromatic rings. The van der Waals surface area contributed by atoms with Crippen molar-refractivity contribution in [2.75, 3.05) is 77.2 Å². The van der Waals surface area contributed by atoms with Crippen molar-refractivity contribution in [3.63, 3.8) is 0 Å². The number of hydrogen-bond acceptors (Lipinski definition) is 11. The number of aliphatic hydroxyl groups excluding tert-OH is 1. The molecule has 4 amide bonds. The number of pyridine rings is 1. The van der Waals surface area contributed by atoms with Crippen LogP contribution in [0.15, 0.2) is 73.1 Å². The second-order valence-corrected chi connectivity index (χ2v) is 15.0. The van der Waals surface area contributed by atoms with Crippen LogP contribution >= 0.6 is 0 Å². The molecule has 1 aliphatic heterocycles. The van der Waals surface area contributed by atoms with Crippen LogP contribution in [0, 0.1) is 6.92 Å². The van der Waals surface area contributed by atoms with Crippen molar-refractivity contribution >= 4 is 51.8 Å². The summed E-state index contributed by atoms with van der Waals surface area (Å²) in [6, 6.07) is 17.5. The van der Waals surface area contributed by atoms with Crippen LogP contribution in [-0.2, 0) is 20.6 Å². The number of fused-ring (bicyclic) bond motifs is 4. The maximum atomic E-state index is 14.2. The molecule has 0 spiro atoms. The summed E-state index contributed by atoms with van der Waals surface area (Å²) in [5.74, 6) is 0.174. The highest BCUT2D eigenvalue weighted by Crippen LogP contribution is 2.42. The van der Waals surface area contributed by atoms with E-state index < -0.39 is 17.8 Å². The van der Waals surface area contributed by atoms with Crippen LogP contribution in [0.5, 0.6) is 11.5 Å². The van der Waals surface area contributed by atoms with E-state index in [-0.39, 0.29) is 69.5 Å². The number of likely N-dealkylation sites (N-methyl/N-ethyl adjacent to an activating group) is 1. The third-order valence-corrected chi connectivity index (χ3v) is 9.53. The summed E-state index contributed by atoms with van der Waals surface area (Å²) in [6.45, 7) is 8.24. The molecule has 0 saturated carbocycles. The lowest BCUT2D eigenvalue weighted by Gasteiger charge is -2.28. The van der Waals surface area contributed by atoms with Crippen LogP contribution in [-0.4, -0.2) is 121 Å². The third-order valence-electron chi connectivity index (χ3n) is 9.53. The van der Waals surface area contributed by atoms with E-state index in [0.29, 0.717) is 46.7 Å². The highest BCUT2D eigenvalue weighted by Gasteiger charge is 2.31. The first-order valence-electron chi connectivity index (χ1n) is 19.2. The summed E-state index contributed by atoms with van der Waals surface area (Å²) in [5, 5.41) is 13.7. The standard InChI is InChI=1S/C43H50N6O10/c1-28-8-7-9-33-36(58-42(54)47(20-22-56-23-21-50)19-18-46(5)41(53)59-43(2,3)4)24-35-32(38(28)33)16-17-49(35)40(52)34-26-48-25-30(12-15-37(48)45-34)44-39(51)29-10-13-31(14-11-29)57-27-55-6/h7-15,24-26,50H,16-23,27H2,1-6H3,(H,44,51). The van der Waals surface area contributed by atoms with Gasteiger partial charge in [-0.15, -0.1) is 0 Å². The topological polar surface area (TPSA) is 174 Å². The predicted octanol–water partition coefficient (Wildman–Crippen LogP) is 5.91. The van der Waals surface area contributed by atoms with Gasteiger partial charge < -0.3 is 53.2 Å². The minimum Gasteiger partial charge on any atom is -0.468 e. The van der Waals surface area contributed by atoms with Crippen LogP contribution < -0.4 is 19.7 Å². The molecule has 16 nitrogen and oxygen atoms in total. The lowest BCUT2D eigenvalue weighted by atomic mass is 9.97. The maximum absolute atomic E-state index is 14.2. The van der Waals surface area contributed by atoms with E-state index in [2.05, 4.69) is 10.3 Å². The SMILES string of the molecule is COCOc1ccc(C(=O)Nc2ccc3nc(C(=O)N4CCc5c4cc(OC(=O)N(CCOCCO)CCN(C)C(=O)OC(C)(C)C)c4cccc(C)c54)cn3c2)cc1. The molecule has 1 aliphatic rings. The van der Waals surface area contributed by atoms with Crippen molar-refractivity contribution in [1.29, 1.82) is 0 Å². The Hall–Kier alpha value is -6.23. The molecule has 0 fully saturated rings. The molecular formula is C43H50N6O10. The van der Waals surface area contributed by atoms with Crippen LogP contribution in [0.3, 0.4) is 0 Å². The Morgan fingerprint density at radius 2 is 1.73 bits per heavy atom. The van der Waals surface area contributed by atoms with E-state index in [1.165, 1.54) is 16.9 Å². The van der Waals surface area contributed by atoms with Gasteiger partial charge in [0.15, 0.2) is 6.79 Å². The second kappa shape index (κ2) is 18.6. The lowest BCUT2D eigenvalue weighted by molar-refractivity contribution is 0.0273. The molecule has 0 aliphatic carbocycles. The largest absolute Gasteiger partial charge is 0.468 e. The first-order chi connectivity index (χ1) is 28.3. The Balaban J connectivity index is 1.22. The van der Waals surface area contributed by atoms with Gasteiger partial charge in [-0.2, -0.15) is 0 Å². The zero-order valence-electron chi connectivity index (χ0n) is 34.1. The monoisotopic (exact) mass is 810 g/mol. The fraction of sp³-hybridized carbons (Fsp3) is 0.372. The Labute approximate surface area is 342 Å². The highest BCUT2D eigenvalue weighted by atomic mass is 16.7. The second-order valence-electron chi connectivity index (χ2n) is 15.0. The minimum atomic E-state index is -0.687. The number of nitrogens with zero attached hydrogens (tertiary/aromatic N) is 5. The number of amides is 4. The quantitative estimate of drug-likeness (QED) is 0.0951. The average Bonchev–Trinajstić information content (AvgIpc) is 3.83. The molecule has 312 valence electrons. The first-order valence-corrected chi connectivity index (χ1v) is 19.2. The average molecular weight is 811 g/mol. The van der Waals surface area contributed by atoms with Crippen molar-refractivity contribution in [3.05, 3.63) is 95.4 Å². The highest BCUT2D eigenvalue weighted by molar-refractivity contribution is 6.10. The van der Waals surface area contributed by atoms with Gasteiger partial charge in [-0.3, -0.25) is 9.59 Å². The summed E-state index contributed by atoms with van der Waals surface area (Å²) in [7, 11) is 3.11. The smallest absolute Gasteiger partial charge is 0.415 e. The number of rotatable bonds is 15. The van der Waals surface area contributed by atoms with E-state index in [0.717, 1.165) is 16.5 Å². The summed E-state index contributed by atoms with van der Waals surface area (Å²) in [5.41, 5.74) is 3.46. The lowest BCUT2D eigenvalue weighted by Crippen LogP contribution is -2.43. The van der Waals surface area contributed by atoms with Crippen LogP contribution in [0.25, 0.3) is 16.4 Å². The molecular weight excluding hydrogens is 761 g/mol. The van der Waals surface area contributed by atoms with Crippen molar-refractivity contribution in [3.8, 4) is 11.5 Å². The minimum absolute atomic E-state index is 0.0979. The van der Waals surface area contributed by atoms with Crippen molar-refractivity contribution in [2.45, 2.75) is 39.7 Å². The zero-order chi connectivity index (χ0) is 42.3. The number of benzene rings is 3. The van der Waals surface area contributed by atoms with Gasteiger partial charge in [0.25, 0.3) is 11.8 Å². The molecule has 0 saturated heterocycles. The molecule has 2 N–H and O–H groups in total. The Kier molecular flexibility index (Phi) is 13.3. The predicted molar refractivity (Wildman–Crippen MR) is 221 cm³/mol. The van der Waals surface area contributed by atoms with Gasteiger partial charge >= 0.3 is 12.2 Å². The molecule has 6 rings (SSSR count). The van der Waals surface area contributed by atoms with E-state index in [1.807, 2.05) is 25.1 Å². The number of hydrogen-bond donors (Lipinski definition) is 2. The molecule has 0 unspecified atom stereocenters. The van der Waals surface area contributed by atoms with E-state index in [1.54, 1.807) is 92.0 Å². The van der Waals surface area contributed by atoms with Gasteiger partial charge in [-0.25, -0.2) is 14.6 Å². The third kappa shape index (κ3) is 10.3. The number of aryl methyl sites for hydroxylation is 1. The number of ether oxygens (including phenoxy) is 5. The molecule has 0 bridgehead atoms. The van der Waals surface area contributed by atoms with Gasteiger partial charge in [0.2, 0.25) is 0 Å². The van der Waals surface area contributed by atoms with E-state index >= 15 is 0 Å². The molecule has 2 aromatic heterocycles. The molecule has 3 heterocycles. The van der Waals surface area contributed by atoms with E-state index in [4.69, 9.17) is 23.7 Å². The van der Waals surface area contributed by atoms with Gasteiger partial charge in [0.05, 0.1) is 31.2 Å². The fourth-order valence-electron chi connectivity index (χ4n) is 6.66. The number of imidazole rings is 1. The zero-order valence-corrected chi connectivity index (χ0v) is 34.1. The number of aromatic nitrogens is 2. The van der Waals surface area contributed by atoms with Gasteiger partial charge in [-0.05, 0) is 87.0 Å². The molecule has 59 heavy (non-hydrogen) atoms. The molecule has 3 aromatic carbocycles. The van der Waals surface area contributed by atoms with Gasteiger partial charge in [0, 0.05) is 69.7 Å². The Morgan fingerprint density at radius 3 is 2.46 bits per heavy atom. The normalized spacial score (nSPS) is 12.4. The number of anilines is 2. The molecule has 0 radical (unpaired) electrons. The number of carbonyl (C=O) groups is 4. The van der Waals surface area contributed by atoms with Gasteiger partial charge in [-0.1, -0.05) is 18.2 Å². The van der Waals surface area contributed by atoms with Gasteiger partial charge in [0.1, 0.15) is 28.4 Å². The number of methoxy groups -OCH3 is 1. The summed E-state index contributed by atoms with van der Waals surface area (Å²) < 4.78 is 29.0. The van der Waals surface area contributed by atoms with E-state index in [9.17, 15) is 24.3 Å². The fourth-order valence-corrected chi connectivity index (χ4v) is 6.66. The Morgan fingerprint density at radius 1 is 0.949 bits per heavy atom. The van der Waals surface area contributed by atoms with Crippen molar-refractivity contribution < 1.29 is 48.0 Å². The summed E-state index contributed by atoms with van der Waals surface area (Å²) in [4.78, 5) is 62.8. The summed E-state index contributed by atoms with van der Waals surface area (Å²) >= 11 is 0. The van der Waals surface area contributed by atoms with Crippen LogP contribution in [0.2, 0.25) is 0 Å². The number of nitrogens with one attached hydrogen (secondary N) is 1. The molecule has 0 atom stereocenters. The van der Waals surface area contributed by atoms with Crippen molar-refractivity contribution in [2.24, 2.45) is 0 Å². The number of aliphatic hydroxyl groups is 1. The Bertz CT molecular complexity index is 2320. The van der Waals surface area contributed by atoms with Crippen LogP contribution in [0.1, 0.15) is 52.7 Å². The molecule has 16 heteroatoms. The van der Waals surface area contributed by atoms with Crippen molar-refractivity contribution in [1.82, 2.24) is 19.2 Å². The van der Waals surface area contributed by atoms with Crippen LogP contribution in [0.4, 0.5) is 21.0 Å². The first kappa shape index (κ1) is 42.4. The number of carbonyl (C=O) groups excluding carboxylic acids is 4. The maximum Gasteiger partial charge on any atom is 0.415 e.